The normalized spacial score (nSPS) is 13.4. The highest BCUT2D eigenvalue weighted by Crippen LogP contribution is 2.15. The lowest BCUT2D eigenvalue weighted by atomic mass is 10.0. The SMILES string of the molecule is CCCCCCCCCCCCCC=CC(O)C(C)NC(=O)C=CC=CCCCCCCCCCCCCCCCCCCC. The number of hydrogen-bond acceptors (Lipinski definition) is 2. The van der Waals surface area contributed by atoms with Gasteiger partial charge in [0, 0.05) is 6.08 Å². The Kier molecular flexibility index (Phi) is 36.0. The molecule has 264 valence electrons. The van der Waals surface area contributed by atoms with E-state index in [-0.39, 0.29) is 11.9 Å². The Morgan fingerprint density at radius 1 is 0.511 bits per heavy atom. The van der Waals surface area contributed by atoms with Crippen molar-refractivity contribution in [1.29, 1.82) is 0 Å². The molecule has 1 amide bonds. The third-order valence-corrected chi connectivity index (χ3v) is 9.16. The molecule has 0 saturated heterocycles. The van der Waals surface area contributed by atoms with Crippen molar-refractivity contribution < 1.29 is 9.90 Å². The second kappa shape index (κ2) is 37.1. The maximum Gasteiger partial charge on any atom is 0.244 e. The summed E-state index contributed by atoms with van der Waals surface area (Å²) in [5.74, 6) is -0.150. The van der Waals surface area contributed by atoms with Crippen molar-refractivity contribution in [2.75, 3.05) is 0 Å². The highest BCUT2D eigenvalue weighted by molar-refractivity contribution is 5.88. The fourth-order valence-corrected chi connectivity index (χ4v) is 5.99. The highest BCUT2D eigenvalue weighted by Gasteiger charge is 2.12. The number of rotatable bonds is 35. The maximum atomic E-state index is 12.2. The second-order valence-electron chi connectivity index (χ2n) is 13.8. The van der Waals surface area contributed by atoms with Gasteiger partial charge in [-0.2, -0.15) is 0 Å². The maximum absolute atomic E-state index is 12.2. The van der Waals surface area contributed by atoms with E-state index < -0.39 is 6.10 Å². The number of nitrogens with one attached hydrogen (secondary N) is 1. The molecule has 2 N–H and O–H groups in total. The molecule has 0 aliphatic carbocycles. The van der Waals surface area contributed by atoms with Crippen LogP contribution in [0.1, 0.15) is 213 Å². The molecule has 3 heteroatoms. The summed E-state index contributed by atoms with van der Waals surface area (Å²) in [5, 5.41) is 13.2. The smallest absolute Gasteiger partial charge is 0.244 e. The second-order valence-corrected chi connectivity index (χ2v) is 13.8. The quantitative estimate of drug-likeness (QED) is 0.0317. The van der Waals surface area contributed by atoms with Crippen molar-refractivity contribution in [1.82, 2.24) is 5.32 Å². The third-order valence-electron chi connectivity index (χ3n) is 9.16. The van der Waals surface area contributed by atoms with Crippen molar-refractivity contribution in [3.63, 3.8) is 0 Å². The molecule has 0 fully saturated rings. The number of hydrogen-bond donors (Lipinski definition) is 2. The van der Waals surface area contributed by atoms with Gasteiger partial charge < -0.3 is 10.4 Å². The predicted octanol–water partition coefficient (Wildman–Crippen LogP) is 13.3. The zero-order valence-corrected chi connectivity index (χ0v) is 30.7. The van der Waals surface area contributed by atoms with Crippen LogP contribution in [-0.2, 0) is 4.79 Å². The summed E-state index contributed by atoms with van der Waals surface area (Å²) >= 11 is 0. The van der Waals surface area contributed by atoms with Gasteiger partial charge in [-0.1, -0.05) is 211 Å². The van der Waals surface area contributed by atoms with Gasteiger partial charge in [0.1, 0.15) is 0 Å². The first kappa shape index (κ1) is 43.6. The monoisotopic (exact) mass is 630 g/mol. The van der Waals surface area contributed by atoms with Gasteiger partial charge in [-0.3, -0.25) is 4.79 Å². The molecule has 0 aromatic heterocycles. The summed E-state index contributed by atoms with van der Waals surface area (Å²) in [4.78, 5) is 12.2. The first-order valence-corrected chi connectivity index (χ1v) is 20.1. The first-order chi connectivity index (χ1) is 22.1. The van der Waals surface area contributed by atoms with Crippen LogP contribution in [0.15, 0.2) is 36.5 Å². The van der Waals surface area contributed by atoms with E-state index in [4.69, 9.17) is 0 Å². The summed E-state index contributed by atoms with van der Waals surface area (Å²) in [7, 11) is 0. The molecule has 2 unspecified atom stereocenters. The average molecular weight is 630 g/mol. The molecular weight excluding hydrogens is 550 g/mol. The van der Waals surface area contributed by atoms with Gasteiger partial charge in [-0.25, -0.2) is 0 Å². The molecule has 0 saturated carbocycles. The standard InChI is InChI=1S/C42H79NO2/c1-4-6-8-10-12-14-16-18-19-20-21-22-23-24-25-27-29-31-33-35-37-39-42(45)43-40(3)41(44)38-36-34-32-30-28-26-17-15-13-11-9-7-5-2/h33,35-41,44H,4-32,34H2,1-3H3,(H,43,45). The molecule has 0 spiro atoms. The van der Waals surface area contributed by atoms with Crippen LogP contribution < -0.4 is 5.32 Å². The largest absolute Gasteiger partial charge is 0.387 e. The summed E-state index contributed by atoms with van der Waals surface area (Å²) in [5.41, 5.74) is 0. The zero-order chi connectivity index (χ0) is 32.9. The molecule has 0 bridgehead atoms. The number of aliphatic hydroxyl groups excluding tert-OH is 1. The highest BCUT2D eigenvalue weighted by atomic mass is 16.3. The van der Waals surface area contributed by atoms with Crippen LogP contribution in [-0.4, -0.2) is 23.2 Å². The molecule has 0 rings (SSSR count). The van der Waals surface area contributed by atoms with E-state index in [1.165, 1.54) is 180 Å². The molecule has 0 aliphatic rings. The lowest BCUT2D eigenvalue weighted by Gasteiger charge is -2.16. The van der Waals surface area contributed by atoms with E-state index in [9.17, 15) is 9.90 Å². The van der Waals surface area contributed by atoms with Crippen LogP contribution in [0.3, 0.4) is 0 Å². The first-order valence-electron chi connectivity index (χ1n) is 20.1. The van der Waals surface area contributed by atoms with Crippen molar-refractivity contribution in [2.24, 2.45) is 0 Å². The molecule has 0 radical (unpaired) electrons. The number of carbonyl (C=O) groups excluding carboxylic acids is 1. The summed E-state index contributed by atoms with van der Waals surface area (Å²) in [6, 6.07) is -0.297. The Hall–Kier alpha value is -1.35. The number of allylic oxidation sites excluding steroid dienone is 4. The minimum absolute atomic E-state index is 0.150. The van der Waals surface area contributed by atoms with E-state index in [1.807, 2.05) is 25.2 Å². The number of amides is 1. The Morgan fingerprint density at radius 2 is 0.844 bits per heavy atom. The fourth-order valence-electron chi connectivity index (χ4n) is 5.99. The van der Waals surface area contributed by atoms with Gasteiger partial charge in [0.2, 0.25) is 5.91 Å². The number of aliphatic hydroxyl groups is 1. The van der Waals surface area contributed by atoms with Crippen LogP contribution in [0, 0.1) is 0 Å². The average Bonchev–Trinajstić information content (AvgIpc) is 3.03. The minimum atomic E-state index is -0.648. The van der Waals surface area contributed by atoms with Gasteiger partial charge in [0.15, 0.2) is 0 Å². The van der Waals surface area contributed by atoms with Gasteiger partial charge in [-0.15, -0.1) is 0 Å². The van der Waals surface area contributed by atoms with Crippen LogP contribution in [0.25, 0.3) is 0 Å². The fraction of sp³-hybridized carbons (Fsp3) is 0.833. The van der Waals surface area contributed by atoms with Crippen molar-refractivity contribution in [3.05, 3.63) is 36.5 Å². The van der Waals surface area contributed by atoms with Gasteiger partial charge in [0.25, 0.3) is 0 Å². The van der Waals surface area contributed by atoms with Crippen molar-refractivity contribution in [2.45, 2.75) is 226 Å². The molecule has 3 nitrogen and oxygen atoms in total. The van der Waals surface area contributed by atoms with E-state index in [0.29, 0.717) is 0 Å². The Bertz CT molecular complexity index is 682. The molecule has 0 aromatic rings. The third kappa shape index (κ3) is 35.4. The molecule has 2 atom stereocenters. The topological polar surface area (TPSA) is 49.3 Å². The van der Waals surface area contributed by atoms with E-state index in [0.717, 1.165) is 12.8 Å². The molecular formula is C42H79NO2. The number of carbonyl (C=O) groups is 1. The zero-order valence-electron chi connectivity index (χ0n) is 30.7. The molecule has 0 aromatic carbocycles. The van der Waals surface area contributed by atoms with Crippen LogP contribution in [0.2, 0.25) is 0 Å². The van der Waals surface area contributed by atoms with Gasteiger partial charge >= 0.3 is 0 Å². The Labute approximate surface area is 282 Å². The Balaban J connectivity index is 3.55. The Morgan fingerprint density at radius 3 is 1.22 bits per heavy atom. The van der Waals surface area contributed by atoms with E-state index >= 15 is 0 Å². The summed E-state index contributed by atoms with van der Waals surface area (Å²) in [6.45, 7) is 6.42. The summed E-state index contributed by atoms with van der Waals surface area (Å²) < 4.78 is 0. The van der Waals surface area contributed by atoms with Crippen molar-refractivity contribution in [3.8, 4) is 0 Å². The minimum Gasteiger partial charge on any atom is -0.387 e. The molecule has 0 heterocycles. The van der Waals surface area contributed by atoms with Gasteiger partial charge in [-0.05, 0) is 32.6 Å². The van der Waals surface area contributed by atoms with Crippen LogP contribution in [0.5, 0.6) is 0 Å². The lowest BCUT2D eigenvalue weighted by molar-refractivity contribution is -0.117. The molecule has 0 aliphatic heterocycles. The number of unbranched alkanes of at least 4 members (excludes halogenated alkanes) is 28. The molecule has 45 heavy (non-hydrogen) atoms. The van der Waals surface area contributed by atoms with Crippen molar-refractivity contribution >= 4 is 5.91 Å². The van der Waals surface area contributed by atoms with E-state index in [2.05, 4.69) is 31.3 Å². The van der Waals surface area contributed by atoms with Crippen LogP contribution in [0.4, 0.5) is 0 Å². The van der Waals surface area contributed by atoms with E-state index in [1.54, 1.807) is 6.08 Å². The lowest BCUT2D eigenvalue weighted by Crippen LogP contribution is -2.39. The predicted molar refractivity (Wildman–Crippen MR) is 201 cm³/mol. The summed E-state index contributed by atoms with van der Waals surface area (Å²) in [6.07, 6.45) is 51.5. The van der Waals surface area contributed by atoms with Gasteiger partial charge in [0.05, 0.1) is 12.1 Å². The van der Waals surface area contributed by atoms with Crippen LogP contribution >= 0.6 is 0 Å².